The molecule has 2 saturated heterocycles. The molecule has 0 aromatic heterocycles. The molecule has 2 heterocycles. The average molecular weight is 442 g/mol. The van der Waals surface area contributed by atoms with Crippen LogP contribution in [0, 0.1) is 10.5 Å². The van der Waals surface area contributed by atoms with Gasteiger partial charge in [-0.15, -0.1) is 0 Å². The predicted molar refractivity (Wildman–Crippen MR) is 108 cm³/mol. The van der Waals surface area contributed by atoms with E-state index in [0.717, 1.165) is 32.7 Å². The van der Waals surface area contributed by atoms with E-state index in [9.17, 15) is 0 Å². The second kappa shape index (κ2) is 6.87. The standard InChI is InChI=1S/C18H28BIN2O2/c1-13-14(12-22-8-6-21-7-9-22)10-15(20)11-16(13)19-23-17(2,3)18(4,5)24-19/h10-11,21H,6-9,12H2,1-5H3. The summed E-state index contributed by atoms with van der Waals surface area (Å²) < 4.78 is 13.8. The fourth-order valence-electron chi connectivity index (χ4n) is 3.25. The molecule has 3 rings (SSSR count). The quantitative estimate of drug-likeness (QED) is 0.576. The zero-order chi connectivity index (χ0) is 17.5. The third kappa shape index (κ3) is 3.68. The van der Waals surface area contributed by atoms with Crippen LogP contribution < -0.4 is 10.8 Å². The molecule has 2 fully saturated rings. The summed E-state index contributed by atoms with van der Waals surface area (Å²) in [5.74, 6) is 0. The summed E-state index contributed by atoms with van der Waals surface area (Å²) >= 11 is 2.40. The lowest BCUT2D eigenvalue weighted by atomic mass is 9.75. The van der Waals surface area contributed by atoms with Crippen molar-refractivity contribution in [2.45, 2.75) is 52.4 Å². The minimum Gasteiger partial charge on any atom is -0.399 e. The molecule has 24 heavy (non-hydrogen) atoms. The molecule has 0 amide bonds. The number of piperazine rings is 1. The van der Waals surface area contributed by atoms with Crippen LogP contribution in [0.4, 0.5) is 0 Å². The van der Waals surface area contributed by atoms with Gasteiger partial charge in [0.15, 0.2) is 0 Å². The molecule has 0 bridgehead atoms. The van der Waals surface area contributed by atoms with Gasteiger partial charge in [0, 0.05) is 36.3 Å². The predicted octanol–water partition coefficient (Wildman–Crippen LogP) is 2.30. The van der Waals surface area contributed by atoms with Gasteiger partial charge >= 0.3 is 7.12 Å². The van der Waals surface area contributed by atoms with Crippen molar-refractivity contribution < 1.29 is 9.31 Å². The van der Waals surface area contributed by atoms with E-state index in [0.29, 0.717) is 0 Å². The van der Waals surface area contributed by atoms with Crippen LogP contribution in [0.3, 0.4) is 0 Å². The molecule has 2 aliphatic rings. The third-order valence-electron chi connectivity index (χ3n) is 5.63. The Morgan fingerprint density at radius 1 is 1.12 bits per heavy atom. The van der Waals surface area contributed by atoms with E-state index in [1.165, 1.54) is 20.2 Å². The van der Waals surface area contributed by atoms with Crippen molar-refractivity contribution in [3.8, 4) is 0 Å². The lowest BCUT2D eigenvalue weighted by Gasteiger charge is -2.32. The van der Waals surface area contributed by atoms with Crippen LogP contribution in [0.25, 0.3) is 0 Å². The van der Waals surface area contributed by atoms with Gasteiger partial charge in [-0.25, -0.2) is 0 Å². The highest BCUT2D eigenvalue weighted by atomic mass is 127. The summed E-state index contributed by atoms with van der Waals surface area (Å²) in [4.78, 5) is 2.52. The van der Waals surface area contributed by atoms with Gasteiger partial charge in [0.25, 0.3) is 0 Å². The second-order valence-electron chi connectivity index (χ2n) is 7.89. The van der Waals surface area contributed by atoms with Crippen molar-refractivity contribution in [1.82, 2.24) is 10.2 Å². The van der Waals surface area contributed by atoms with Gasteiger partial charge in [-0.3, -0.25) is 4.90 Å². The van der Waals surface area contributed by atoms with Gasteiger partial charge in [0.2, 0.25) is 0 Å². The van der Waals surface area contributed by atoms with Crippen LogP contribution in [-0.4, -0.2) is 49.4 Å². The Morgan fingerprint density at radius 3 is 2.29 bits per heavy atom. The van der Waals surface area contributed by atoms with Gasteiger partial charge in [-0.2, -0.15) is 0 Å². The molecule has 0 atom stereocenters. The number of halogens is 1. The molecule has 132 valence electrons. The van der Waals surface area contributed by atoms with E-state index in [-0.39, 0.29) is 18.3 Å². The monoisotopic (exact) mass is 442 g/mol. The number of benzene rings is 1. The normalized spacial score (nSPS) is 23.7. The van der Waals surface area contributed by atoms with Crippen molar-refractivity contribution in [2.24, 2.45) is 0 Å². The Bertz CT molecular complexity index is 599. The van der Waals surface area contributed by atoms with E-state index >= 15 is 0 Å². The zero-order valence-electron chi connectivity index (χ0n) is 15.4. The van der Waals surface area contributed by atoms with Crippen LogP contribution in [0.5, 0.6) is 0 Å². The number of nitrogens with zero attached hydrogens (tertiary/aromatic N) is 1. The van der Waals surface area contributed by atoms with E-state index in [2.05, 4.69) is 79.6 Å². The molecule has 1 aromatic carbocycles. The molecule has 0 aliphatic carbocycles. The molecule has 1 N–H and O–H groups in total. The lowest BCUT2D eigenvalue weighted by Crippen LogP contribution is -2.43. The summed E-state index contributed by atoms with van der Waals surface area (Å²) in [5, 5.41) is 3.42. The maximum atomic E-state index is 6.28. The number of nitrogens with one attached hydrogen (secondary N) is 1. The van der Waals surface area contributed by atoms with Gasteiger partial charge < -0.3 is 14.6 Å². The van der Waals surface area contributed by atoms with Crippen molar-refractivity contribution in [3.05, 3.63) is 26.8 Å². The molecule has 0 radical (unpaired) electrons. The average Bonchev–Trinajstić information content (AvgIpc) is 2.72. The van der Waals surface area contributed by atoms with Gasteiger partial charge in [0.1, 0.15) is 0 Å². The summed E-state index contributed by atoms with van der Waals surface area (Å²) in [6.45, 7) is 16.0. The maximum absolute atomic E-state index is 6.28. The SMILES string of the molecule is Cc1c(CN2CCNCC2)cc(I)cc1B1OC(C)(C)C(C)(C)O1. The fourth-order valence-corrected chi connectivity index (χ4v) is 3.96. The molecule has 0 spiro atoms. The number of hydrogen-bond donors (Lipinski definition) is 1. The smallest absolute Gasteiger partial charge is 0.399 e. The lowest BCUT2D eigenvalue weighted by molar-refractivity contribution is 0.00578. The largest absolute Gasteiger partial charge is 0.495 e. The van der Waals surface area contributed by atoms with Crippen molar-refractivity contribution in [1.29, 1.82) is 0 Å². The molecule has 2 aliphatic heterocycles. The highest BCUT2D eigenvalue weighted by Gasteiger charge is 2.52. The highest BCUT2D eigenvalue weighted by Crippen LogP contribution is 2.37. The Kier molecular flexibility index (Phi) is 5.34. The van der Waals surface area contributed by atoms with E-state index in [4.69, 9.17) is 9.31 Å². The van der Waals surface area contributed by atoms with E-state index in [1.807, 2.05) is 0 Å². The van der Waals surface area contributed by atoms with Crippen LogP contribution in [0.1, 0.15) is 38.8 Å². The van der Waals surface area contributed by atoms with Crippen LogP contribution >= 0.6 is 22.6 Å². The Morgan fingerprint density at radius 2 is 1.71 bits per heavy atom. The number of hydrogen-bond acceptors (Lipinski definition) is 4. The van der Waals surface area contributed by atoms with Crippen molar-refractivity contribution in [2.75, 3.05) is 26.2 Å². The number of rotatable bonds is 3. The molecule has 0 saturated carbocycles. The van der Waals surface area contributed by atoms with Gasteiger partial charge in [-0.05, 0) is 85.9 Å². The first-order chi connectivity index (χ1) is 11.2. The Labute approximate surface area is 159 Å². The summed E-state index contributed by atoms with van der Waals surface area (Å²) in [5.41, 5.74) is 3.25. The minimum absolute atomic E-state index is 0.286. The molecule has 4 nitrogen and oxygen atoms in total. The summed E-state index contributed by atoms with van der Waals surface area (Å²) in [6, 6.07) is 4.51. The molecule has 1 aromatic rings. The van der Waals surface area contributed by atoms with E-state index in [1.54, 1.807) is 0 Å². The van der Waals surface area contributed by atoms with Crippen molar-refractivity contribution >= 4 is 35.2 Å². The highest BCUT2D eigenvalue weighted by molar-refractivity contribution is 14.1. The maximum Gasteiger partial charge on any atom is 0.495 e. The van der Waals surface area contributed by atoms with Crippen LogP contribution in [-0.2, 0) is 15.9 Å². The Hall–Kier alpha value is -0.145. The van der Waals surface area contributed by atoms with Gasteiger partial charge in [0.05, 0.1) is 11.2 Å². The van der Waals surface area contributed by atoms with Crippen molar-refractivity contribution in [3.63, 3.8) is 0 Å². The van der Waals surface area contributed by atoms with E-state index < -0.39 is 0 Å². The summed E-state index contributed by atoms with van der Waals surface area (Å²) in [7, 11) is -0.286. The topological polar surface area (TPSA) is 33.7 Å². The first-order valence-corrected chi connectivity index (χ1v) is 9.85. The Balaban J connectivity index is 1.86. The zero-order valence-corrected chi connectivity index (χ0v) is 17.6. The molecule has 6 heteroatoms. The first-order valence-electron chi connectivity index (χ1n) is 8.77. The fraction of sp³-hybridized carbons (Fsp3) is 0.667. The summed E-state index contributed by atoms with van der Waals surface area (Å²) in [6.07, 6.45) is 0. The third-order valence-corrected chi connectivity index (χ3v) is 6.25. The second-order valence-corrected chi connectivity index (χ2v) is 9.14. The van der Waals surface area contributed by atoms with Crippen LogP contribution in [0.15, 0.2) is 12.1 Å². The minimum atomic E-state index is -0.302. The molecule has 0 unspecified atom stereocenters. The van der Waals surface area contributed by atoms with Gasteiger partial charge in [-0.1, -0.05) is 0 Å². The molecular formula is C18H28BIN2O2. The van der Waals surface area contributed by atoms with Crippen LogP contribution in [0.2, 0.25) is 0 Å². The molecular weight excluding hydrogens is 414 g/mol. The first kappa shape index (κ1) is 18.6.